The number of guanidine groups is 1. The first-order valence-electron chi connectivity index (χ1n) is 10.1. The van der Waals surface area contributed by atoms with Gasteiger partial charge in [0.15, 0.2) is 5.96 Å². The lowest BCUT2D eigenvalue weighted by molar-refractivity contribution is 0.0526. The topological polar surface area (TPSA) is 42.9 Å². The zero-order chi connectivity index (χ0) is 16.9. The summed E-state index contributed by atoms with van der Waals surface area (Å²) in [6.45, 7) is 6.50. The molecule has 3 rings (SSSR count). The number of hydrogen-bond donors (Lipinski definition) is 2. The van der Waals surface area contributed by atoms with Crippen molar-refractivity contribution in [3.05, 3.63) is 0 Å². The lowest BCUT2D eigenvalue weighted by atomic mass is 9.82. The van der Waals surface area contributed by atoms with Gasteiger partial charge in [0.2, 0.25) is 0 Å². The quantitative estimate of drug-likeness (QED) is 0.608. The van der Waals surface area contributed by atoms with Gasteiger partial charge in [0, 0.05) is 37.8 Å². The van der Waals surface area contributed by atoms with Gasteiger partial charge < -0.3 is 20.4 Å². The Kier molecular flexibility index (Phi) is 6.39. The minimum Gasteiger partial charge on any atom is -0.357 e. The standard InChI is InChI=1S/C19H37N5/c1-4-20-19(21-13-15-7-6-10-23(2)14-15)22-16-11-17-8-5-9-18(12-16)24(17)3/h15-18H,4-14H2,1-3H3,(H2,20,21,22). The molecule has 5 heteroatoms. The summed E-state index contributed by atoms with van der Waals surface area (Å²) in [7, 11) is 4.56. The molecule has 0 aromatic rings. The molecule has 3 aliphatic rings. The molecule has 0 aromatic heterocycles. The Morgan fingerprint density at radius 1 is 1.08 bits per heavy atom. The number of nitrogens with zero attached hydrogens (tertiary/aromatic N) is 3. The average Bonchev–Trinajstić information content (AvgIpc) is 2.54. The zero-order valence-electron chi connectivity index (χ0n) is 15.9. The summed E-state index contributed by atoms with van der Waals surface area (Å²) in [6, 6.07) is 2.12. The van der Waals surface area contributed by atoms with Crippen LogP contribution < -0.4 is 10.6 Å². The predicted molar refractivity (Wildman–Crippen MR) is 102 cm³/mol. The lowest BCUT2D eigenvalue weighted by Crippen LogP contribution is -2.56. The minimum atomic E-state index is 0.586. The van der Waals surface area contributed by atoms with Gasteiger partial charge in [-0.25, -0.2) is 0 Å². The van der Waals surface area contributed by atoms with Gasteiger partial charge in [0.1, 0.15) is 0 Å². The van der Waals surface area contributed by atoms with E-state index in [1.807, 2.05) is 0 Å². The van der Waals surface area contributed by atoms with E-state index >= 15 is 0 Å². The highest BCUT2D eigenvalue weighted by Gasteiger charge is 2.36. The molecule has 2 N–H and O–H groups in total. The normalized spacial score (nSPS) is 35.7. The molecule has 3 fully saturated rings. The van der Waals surface area contributed by atoms with E-state index in [-0.39, 0.29) is 0 Å². The summed E-state index contributed by atoms with van der Waals surface area (Å²) in [4.78, 5) is 10.0. The van der Waals surface area contributed by atoms with Crippen molar-refractivity contribution in [2.75, 3.05) is 40.3 Å². The molecule has 24 heavy (non-hydrogen) atoms. The minimum absolute atomic E-state index is 0.586. The molecule has 3 atom stereocenters. The van der Waals surface area contributed by atoms with Crippen LogP contribution in [0, 0.1) is 5.92 Å². The van der Waals surface area contributed by atoms with Crippen molar-refractivity contribution in [2.24, 2.45) is 10.9 Å². The second kappa shape index (κ2) is 8.52. The van der Waals surface area contributed by atoms with Gasteiger partial charge in [-0.2, -0.15) is 0 Å². The average molecular weight is 336 g/mol. The van der Waals surface area contributed by atoms with E-state index in [9.17, 15) is 0 Å². The Hall–Kier alpha value is -0.810. The number of likely N-dealkylation sites (tertiary alicyclic amines) is 1. The van der Waals surface area contributed by atoms with Crippen molar-refractivity contribution in [3.8, 4) is 0 Å². The number of piperidine rings is 3. The van der Waals surface area contributed by atoms with Gasteiger partial charge >= 0.3 is 0 Å². The van der Waals surface area contributed by atoms with E-state index in [0.717, 1.165) is 37.1 Å². The van der Waals surface area contributed by atoms with Crippen LogP contribution in [0.3, 0.4) is 0 Å². The first-order chi connectivity index (χ1) is 11.7. The molecule has 0 aliphatic carbocycles. The van der Waals surface area contributed by atoms with Crippen molar-refractivity contribution >= 4 is 5.96 Å². The maximum atomic E-state index is 4.93. The van der Waals surface area contributed by atoms with E-state index in [4.69, 9.17) is 4.99 Å². The smallest absolute Gasteiger partial charge is 0.191 e. The molecule has 0 amide bonds. The van der Waals surface area contributed by atoms with Gasteiger partial charge in [-0.15, -0.1) is 0 Å². The fraction of sp³-hybridized carbons (Fsp3) is 0.947. The van der Waals surface area contributed by atoms with Gasteiger partial charge in [-0.1, -0.05) is 6.42 Å². The Balaban J connectivity index is 1.54. The molecule has 3 saturated heterocycles. The van der Waals surface area contributed by atoms with Crippen molar-refractivity contribution < 1.29 is 0 Å². The third-order valence-electron chi connectivity index (χ3n) is 6.25. The van der Waals surface area contributed by atoms with Crippen LogP contribution in [0.25, 0.3) is 0 Å². The summed E-state index contributed by atoms with van der Waals surface area (Å²) in [5, 5.41) is 7.22. The highest BCUT2D eigenvalue weighted by Crippen LogP contribution is 2.32. The largest absolute Gasteiger partial charge is 0.357 e. The molecular formula is C19H37N5. The molecule has 138 valence electrons. The number of nitrogens with one attached hydrogen (secondary N) is 2. The Labute approximate surface area is 148 Å². The highest BCUT2D eigenvalue weighted by atomic mass is 15.2. The number of aliphatic imine (C=N–C) groups is 1. The molecule has 3 unspecified atom stereocenters. The fourth-order valence-electron chi connectivity index (χ4n) is 4.89. The third kappa shape index (κ3) is 4.63. The third-order valence-corrected chi connectivity index (χ3v) is 6.25. The molecule has 0 aromatic carbocycles. The predicted octanol–water partition coefficient (Wildman–Crippen LogP) is 1.90. The number of rotatable bonds is 4. The zero-order valence-corrected chi connectivity index (χ0v) is 15.9. The van der Waals surface area contributed by atoms with Gasteiger partial charge in [0.25, 0.3) is 0 Å². The first-order valence-corrected chi connectivity index (χ1v) is 10.1. The number of fused-ring (bicyclic) bond motifs is 2. The maximum Gasteiger partial charge on any atom is 0.191 e. The Bertz CT molecular complexity index is 410. The molecule has 3 aliphatic heterocycles. The van der Waals surface area contributed by atoms with Crippen molar-refractivity contribution in [1.29, 1.82) is 0 Å². The van der Waals surface area contributed by atoms with Crippen LogP contribution in [0.4, 0.5) is 0 Å². The molecular weight excluding hydrogens is 298 g/mol. The van der Waals surface area contributed by atoms with Crippen molar-refractivity contribution in [1.82, 2.24) is 20.4 Å². The highest BCUT2D eigenvalue weighted by molar-refractivity contribution is 5.80. The van der Waals surface area contributed by atoms with E-state index in [0.29, 0.717) is 6.04 Å². The van der Waals surface area contributed by atoms with Crippen LogP contribution in [-0.2, 0) is 0 Å². The Morgan fingerprint density at radius 2 is 1.83 bits per heavy atom. The number of hydrogen-bond acceptors (Lipinski definition) is 3. The van der Waals surface area contributed by atoms with Gasteiger partial charge in [-0.05, 0) is 72.0 Å². The van der Waals surface area contributed by atoms with Crippen LogP contribution in [-0.4, -0.2) is 74.2 Å². The fourth-order valence-corrected chi connectivity index (χ4v) is 4.89. The van der Waals surface area contributed by atoms with E-state index in [2.05, 4.69) is 41.5 Å². The summed E-state index contributed by atoms with van der Waals surface area (Å²) in [6.07, 6.45) is 9.33. The van der Waals surface area contributed by atoms with Gasteiger partial charge in [-0.3, -0.25) is 4.99 Å². The second-order valence-electron chi connectivity index (χ2n) is 8.21. The first kappa shape index (κ1) is 18.0. The van der Waals surface area contributed by atoms with E-state index in [1.54, 1.807) is 0 Å². The van der Waals surface area contributed by atoms with E-state index in [1.165, 1.54) is 58.0 Å². The van der Waals surface area contributed by atoms with Crippen LogP contribution >= 0.6 is 0 Å². The summed E-state index contributed by atoms with van der Waals surface area (Å²) in [5.41, 5.74) is 0. The Morgan fingerprint density at radius 3 is 2.50 bits per heavy atom. The summed E-state index contributed by atoms with van der Waals surface area (Å²) in [5.74, 6) is 1.76. The van der Waals surface area contributed by atoms with Crippen molar-refractivity contribution in [3.63, 3.8) is 0 Å². The molecule has 3 heterocycles. The van der Waals surface area contributed by atoms with Crippen LogP contribution in [0.15, 0.2) is 4.99 Å². The van der Waals surface area contributed by atoms with Crippen LogP contribution in [0.5, 0.6) is 0 Å². The van der Waals surface area contributed by atoms with Crippen LogP contribution in [0.1, 0.15) is 51.9 Å². The molecule has 0 radical (unpaired) electrons. The van der Waals surface area contributed by atoms with Crippen LogP contribution in [0.2, 0.25) is 0 Å². The van der Waals surface area contributed by atoms with Gasteiger partial charge in [0.05, 0.1) is 0 Å². The molecule has 5 nitrogen and oxygen atoms in total. The monoisotopic (exact) mass is 335 g/mol. The molecule has 0 saturated carbocycles. The van der Waals surface area contributed by atoms with Crippen molar-refractivity contribution in [2.45, 2.75) is 70.0 Å². The summed E-state index contributed by atoms with van der Waals surface area (Å²) >= 11 is 0. The SMILES string of the molecule is CCNC(=NCC1CCCN(C)C1)NC1CC2CCCC(C1)N2C. The van der Waals surface area contributed by atoms with E-state index < -0.39 is 0 Å². The molecule has 0 spiro atoms. The summed E-state index contributed by atoms with van der Waals surface area (Å²) < 4.78 is 0. The second-order valence-corrected chi connectivity index (χ2v) is 8.21. The lowest BCUT2D eigenvalue weighted by Gasteiger charge is -2.47. The molecule has 2 bridgehead atoms. The maximum absolute atomic E-state index is 4.93.